The van der Waals surface area contributed by atoms with Gasteiger partial charge in [0, 0.05) is 19.4 Å². The molecule has 6 nitrogen and oxygen atoms in total. The SMILES string of the molecule is CC12CCC(=O)N1c1ccccc1C(=O)N2CCC(=O)Nc1ccc(F)c(F)c1F. The van der Waals surface area contributed by atoms with Crippen LogP contribution in [0.25, 0.3) is 0 Å². The Morgan fingerprint density at radius 1 is 1.10 bits per heavy atom. The third-order valence-corrected chi connectivity index (χ3v) is 5.62. The molecule has 4 rings (SSSR count). The molecule has 2 aromatic carbocycles. The highest BCUT2D eigenvalue weighted by Crippen LogP contribution is 2.43. The molecule has 2 aliphatic rings. The molecule has 2 aromatic rings. The molecule has 0 spiro atoms. The van der Waals surface area contributed by atoms with Gasteiger partial charge in [-0.1, -0.05) is 12.1 Å². The van der Waals surface area contributed by atoms with Gasteiger partial charge in [0.25, 0.3) is 5.91 Å². The summed E-state index contributed by atoms with van der Waals surface area (Å²) in [6, 6.07) is 8.40. The first-order chi connectivity index (χ1) is 14.2. The number of amides is 3. The normalized spacial score (nSPS) is 20.3. The van der Waals surface area contributed by atoms with E-state index in [4.69, 9.17) is 0 Å². The molecule has 1 saturated heterocycles. The maximum atomic E-state index is 13.8. The highest BCUT2D eigenvalue weighted by Gasteiger charge is 2.52. The first-order valence-corrected chi connectivity index (χ1v) is 9.41. The van der Waals surface area contributed by atoms with Crippen LogP contribution in [0.3, 0.4) is 0 Å². The van der Waals surface area contributed by atoms with Gasteiger partial charge in [-0.05, 0) is 37.6 Å². The lowest BCUT2D eigenvalue weighted by atomic mass is 9.98. The fourth-order valence-corrected chi connectivity index (χ4v) is 4.09. The number of nitrogens with zero attached hydrogens (tertiary/aromatic N) is 2. The summed E-state index contributed by atoms with van der Waals surface area (Å²) in [6.07, 6.45) is 0.455. The second kappa shape index (κ2) is 7.16. The predicted octanol–water partition coefficient (Wildman–Crippen LogP) is 3.43. The van der Waals surface area contributed by atoms with Crippen molar-refractivity contribution in [3.8, 4) is 0 Å². The number of hydrogen-bond acceptors (Lipinski definition) is 3. The van der Waals surface area contributed by atoms with Crippen molar-refractivity contribution in [2.24, 2.45) is 0 Å². The van der Waals surface area contributed by atoms with Crippen molar-refractivity contribution in [1.29, 1.82) is 0 Å². The van der Waals surface area contributed by atoms with Crippen LogP contribution in [0.1, 0.15) is 36.5 Å². The standard InChI is InChI=1S/C21H18F3N3O3/c1-21-10-8-17(29)27(21)15-5-3-2-4-12(15)20(30)26(21)11-9-16(28)25-14-7-6-13(22)18(23)19(14)24/h2-7H,8-11H2,1H3,(H,25,28). The van der Waals surface area contributed by atoms with Crippen molar-refractivity contribution in [3.05, 3.63) is 59.4 Å². The predicted molar refractivity (Wildman–Crippen MR) is 102 cm³/mol. The number of carbonyl (C=O) groups is 3. The van der Waals surface area contributed by atoms with Crippen molar-refractivity contribution in [2.75, 3.05) is 16.8 Å². The van der Waals surface area contributed by atoms with Crippen LogP contribution in [-0.2, 0) is 9.59 Å². The molecule has 1 unspecified atom stereocenters. The highest BCUT2D eigenvalue weighted by atomic mass is 19.2. The van der Waals surface area contributed by atoms with E-state index in [2.05, 4.69) is 5.32 Å². The maximum Gasteiger partial charge on any atom is 0.257 e. The number of fused-ring (bicyclic) bond motifs is 3. The summed E-state index contributed by atoms with van der Waals surface area (Å²) in [6.45, 7) is 1.73. The number of anilines is 2. The molecule has 3 amide bonds. The minimum Gasteiger partial charge on any atom is -0.323 e. The Morgan fingerprint density at radius 2 is 1.83 bits per heavy atom. The summed E-state index contributed by atoms with van der Waals surface area (Å²) < 4.78 is 40.2. The number of para-hydroxylation sites is 1. The zero-order chi connectivity index (χ0) is 21.6. The van der Waals surface area contributed by atoms with E-state index in [9.17, 15) is 27.6 Å². The minimum atomic E-state index is -1.68. The molecule has 0 aromatic heterocycles. The van der Waals surface area contributed by atoms with Crippen LogP contribution in [0.4, 0.5) is 24.5 Å². The highest BCUT2D eigenvalue weighted by molar-refractivity contribution is 6.10. The lowest BCUT2D eigenvalue weighted by Crippen LogP contribution is -2.62. The monoisotopic (exact) mass is 417 g/mol. The van der Waals surface area contributed by atoms with Gasteiger partial charge in [0.05, 0.1) is 16.9 Å². The quantitative estimate of drug-likeness (QED) is 0.775. The maximum absolute atomic E-state index is 13.8. The molecule has 1 atom stereocenters. The van der Waals surface area contributed by atoms with Gasteiger partial charge < -0.3 is 10.2 Å². The number of rotatable bonds is 4. The molecule has 1 N–H and O–H groups in total. The molecule has 0 aliphatic carbocycles. The number of hydrogen-bond donors (Lipinski definition) is 1. The first kappa shape index (κ1) is 19.9. The van der Waals surface area contributed by atoms with E-state index in [-0.39, 0.29) is 31.2 Å². The van der Waals surface area contributed by atoms with Gasteiger partial charge in [0.15, 0.2) is 17.5 Å². The Kier molecular flexibility index (Phi) is 4.76. The molecule has 2 heterocycles. The summed E-state index contributed by atoms with van der Waals surface area (Å²) in [5.74, 6) is -5.64. The lowest BCUT2D eigenvalue weighted by molar-refractivity contribution is -0.117. The van der Waals surface area contributed by atoms with Crippen molar-refractivity contribution < 1.29 is 27.6 Å². The number of carbonyl (C=O) groups excluding carboxylic acids is 3. The molecule has 30 heavy (non-hydrogen) atoms. The van der Waals surface area contributed by atoms with E-state index < -0.39 is 34.7 Å². The number of benzene rings is 2. The van der Waals surface area contributed by atoms with Crippen molar-refractivity contribution >= 4 is 29.1 Å². The molecule has 2 aliphatic heterocycles. The van der Waals surface area contributed by atoms with Crippen LogP contribution in [0.2, 0.25) is 0 Å². The zero-order valence-electron chi connectivity index (χ0n) is 16.0. The fourth-order valence-electron chi connectivity index (χ4n) is 4.09. The molecule has 0 radical (unpaired) electrons. The first-order valence-electron chi connectivity index (χ1n) is 9.41. The Labute approximate surface area is 170 Å². The van der Waals surface area contributed by atoms with Gasteiger partial charge >= 0.3 is 0 Å². The average molecular weight is 417 g/mol. The van der Waals surface area contributed by atoms with E-state index >= 15 is 0 Å². The van der Waals surface area contributed by atoms with E-state index in [0.717, 1.165) is 6.07 Å². The Morgan fingerprint density at radius 3 is 2.60 bits per heavy atom. The molecule has 1 fully saturated rings. The topological polar surface area (TPSA) is 69.7 Å². The van der Waals surface area contributed by atoms with Crippen LogP contribution in [-0.4, -0.2) is 34.8 Å². The van der Waals surface area contributed by atoms with Crippen LogP contribution < -0.4 is 10.2 Å². The molecule has 0 bridgehead atoms. The van der Waals surface area contributed by atoms with Gasteiger partial charge in [-0.2, -0.15) is 0 Å². The number of halogens is 3. The average Bonchev–Trinajstić information content (AvgIpc) is 3.03. The smallest absolute Gasteiger partial charge is 0.257 e. The van der Waals surface area contributed by atoms with Crippen LogP contribution in [0.5, 0.6) is 0 Å². The molecular formula is C21H18F3N3O3. The second-order valence-corrected chi connectivity index (χ2v) is 7.44. The van der Waals surface area contributed by atoms with Crippen LogP contribution >= 0.6 is 0 Å². The van der Waals surface area contributed by atoms with E-state index in [1.165, 1.54) is 4.90 Å². The zero-order valence-corrected chi connectivity index (χ0v) is 16.0. The Bertz CT molecular complexity index is 1070. The van der Waals surface area contributed by atoms with Gasteiger partial charge in [0.2, 0.25) is 11.8 Å². The largest absolute Gasteiger partial charge is 0.323 e. The second-order valence-electron chi connectivity index (χ2n) is 7.44. The Hall–Kier alpha value is -3.36. The van der Waals surface area contributed by atoms with Gasteiger partial charge in [0.1, 0.15) is 5.66 Å². The van der Waals surface area contributed by atoms with Gasteiger partial charge in [-0.15, -0.1) is 0 Å². The fraction of sp³-hybridized carbons (Fsp3) is 0.286. The van der Waals surface area contributed by atoms with Gasteiger partial charge in [-0.3, -0.25) is 19.3 Å². The summed E-state index contributed by atoms with van der Waals surface area (Å²) in [4.78, 5) is 40.9. The third-order valence-electron chi connectivity index (χ3n) is 5.62. The summed E-state index contributed by atoms with van der Waals surface area (Å²) in [7, 11) is 0. The van der Waals surface area contributed by atoms with E-state index in [0.29, 0.717) is 23.7 Å². The molecule has 0 saturated carbocycles. The van der Waals surface area contributed by atoms with Gasteiger partial charge in [-0.25, -0.2) is 13.2 Å². The summed E-state index contributed by atoms with van der Waals surface area (Å²) >= 11 is 0. The summed E-state index contributed by atoms with van der Waals surface area (Å²) in [5, 5.41) is 2.19. The number of nitrogens with one attached hydrogen (secondary N) is 1. The molecular weight excluding hydrogens is 399 g/mol. The third kappa shape index (κ3) is 3.01. The van der Waals surface area contributed by atoms with Crippen molar-refractivity contribution in [2.45, 2.75) is 31.8 Å². The lowest BCUT2D eigenvalue weighted by Gasteiger charge is -2.48. The minimum absolute atomic E-state index is 0.0371. The Balaban J connectivity index is 1.55. The van der Waals surface area contributed by atoms with Crippen molar-refractivity contribution in [1.82, 2.24) is 4.90 Å². The molecule has 9 heteroatoms. The van der Waals surface area contributed by atoms with Crippen LogP contribution in [0.15, 0.2) is 36.4 Å². The van der Waals surface area contributed by atoms with Crippen LogP contribution in [0, 0.1) is 17.5 Å². The van der Waals surface area contributed by atoms with E-state index in [1.807, 2.05) is 0 Å². The van der Waals surface area contributed by atoms with Crippen molar-refractivity contribution in [3.63, 3.8) is 0 Å². The van der Waals surface area contributed by atoms with E-state index in [1.54, 1.807) is 36.1 Å². The molecule has 156 valence electrons. The summed E-state index contributed by atoms with van der Waals surface area (Å²) in [5.41, 5.74) is -0.511.